The Bertz CT molecular complexity index is 1240. The summed E-state index contributed by atoms with van der Waals surface area (Å²) in [4.78, 5) is 21.7. The number of nitriles is 1. The lowest BCUT2D eigenvalue weighted by Gasteiger charge is -2.35. The molecule has 1 saturated heterocycles. The van der Waals surface area contributed by atoms with Gasteiger partial charge in [0.05, 0.1) is 21.0 Å². The number of pyridine rings is 1. The molecule has 2 aromatic heterocycles. The number of aromatic nitrogens is 1. The van der Waals surface area contributed by atoms with Crippen LogP contribution in [-0.2, 0) is 9.84 Å². The zero-order valence-electron chi connectivity index (χ0n) is 16.9. The average Bonchev–Trinajstić information content (AvgIpc) is 3.33. The summed E-state index contributed by atoms with van der Waals surface area (Å²) in [5, 5.41) is 11.6. The van der Waals surface area contributed by atoms with Crippen LogP contribution in [0.2, 0.25) is 0 Å². The van der Waals surface area contributed by atoms with Crippen LogP contribution in [0.4, 0.5) is 5.82 Å². The van der Waals surface area contributed by atoms with Crippen molar-refractivity contribution in [1.29, 1.82) is 5.26 Å². The minimum absolute atomic E-state index is 0.000477. The first kappa shape index (κ1) is 21.0. The quantitative estimate of drug-likeness (QED) is 0.604. The summed E-state index contributed by atoms with van der Waals surface area (Å²) in [5.74, 6) is 0.442. The van der Waals surface area contributed by atoms with E-state index in [4.69, 9.17) is 0 Å². The van der Waals surface area contributed by atoms with E-state index in [0.717, 1.165) is 6.26 Å². The van der Waals surface area contributed by atoms with E-state index in [1.54, 1.807) is 17.0 Å². The van der Waals surface area contributed by atoms with Gasteiger partial charge in [0.25, 0.3) is 5.91 Å². The molecule has 0 atom stereocenters. The molecule has 31 heavy (non-hydrogen) atoms. The molecule has 0 aliphatic carbocycles. The van der Waals surface area contributed by atoms with Crippen LogP contribution >= 0.6 is 11.3 Å². The highest BCUT2D eigenvalue weighted by molar-refractivity contribution is 7.90. The molecule has 0 saturated carbocycles. The predicted molar refractivity (Wildman–Crippen MR) is 120 cm³/mol. The highest BCUT2D eigenvalue weighted by atomic mass is 32.2. The number of hydrogen-bond donors (Lipinski definition) is 0. The number of anilines is 1. The largest absolute Gasteiger partial charge is 0.352 e. The number of amides is 1. The fourth-order valence-corrected chi connectivity index (χ4v) is 5.11. The SMILES string of the molecule is CS(=O)(=O)c1cc(C#N)c(N2CCN(C(=O)c3cccs3)CC2)nc1-c1ccccc1. The Labute approximate surface area is 185 Å². The van der Waals surface area contributed by atoms with Gasteiger partial charge < -0.3 is 9.80 Å². The van der Waals surface area contributed by atoms with E-state index in [2.05, 4.69) is 11.1 Å². The van der Waals surface area contributed by atoms with E-state index in [9.17, 15) is 18.5 Å². The van der Waals surface area contributed by atoms with Gasteiger partial charge in [-0.2, -0.15) is 5.26 Å². The molecule has 0 spiro atoms. The topological polar surface area (TPSA) is 94.4 Å². The van der Waals surface area contributed by atoms with E-state index < -0.39 is 9.84 Å². The highest BCUT2D eigenvalue weighted by Gasteiger charge is 2.27. The second-order valence-corrected chi connectivity index (χ2v) is 10.1. The van der Waals surface area contributed by atoms with E-state index >= 15 is 0 Å². The number of sulfone groups is 1. The second kappa shape index (κ2) is 8.49. The Morgan fingerprint density at radius 3 is 2.39 bits per heavy atom. The molecule has 7 nitrogen and oxygen atoms in total. The summed E-state index contributed by atoms with van der Waals surface area (Å²) in [6, 6.07) is 16.2. The maximum Gasteiger partial charge on any atom is 0.264 e. The Balaban J connectivity index is 1.67. The van der Waals surface area contributed by atoms with Crippen LogP contribution in [0.3, 0.4) is 0 Å². The van der Waals surface area contributed by atoms with Crippen LogP contribution in [0.5, 0.6) is 0 Å². The molecular weight excluding hydrogens is 432 g/mol. The van der Waals surface area contributed by atoms with E-state index in [-0.39, 0.29) is 16.4 Å². The van der Waals surface area contributed by atoms with Crippen LogP contribution in [0.15, 0.2) is 58.8 Å². The van der Waals surface area contributed by atoms with Gasteiger partial charge in [0.2, 0.25) is 0 Å². The molecule has 3 heterocycles. The van der Waals surface area contributed by atoms with Crippen LogP contribution in [0.1, 0.15) is 15.2 Å². The molecule has 0 unspecified atom stereocenters. The number of piperazine rings is 1. The number of thiophene rings is 1. The Hall–Kier alpha value is -3.22. The van der Waals surface area contributed by atoms with E-state index in [0.29, 0.717) is 48.1 Å². The monoisotopic (exact) mass is 452 g/mol. The van der Waals surface area contributed by atoms with E-state index in [1.165, 1.54) is 17.4 Å². The van der Waals surface area contributed by atoms with Gasteiger partial charge in [0, 0.05) is 38.0 Å². The van der Waals surface area contributed by atoms with Crippen LogP contribution in [0.25, 0.3) is 11.3 Å². The molecular formula is C22H20N4O3S2. The lowest BCUT2D eigenvalue weighted by molar-refractivity contribution is 0.0751. The number of carbonyl (C=O) groups is 1. The summed E-state index contributed by atoms with van der Waals surface area (Å²) in [5.41, 5.74) is 1.20. The molecule has 0 radical (unpaired) electrons. The summed E-state index contributed by atoms with van der Waals surface area (Å²) in [7, 11) is -3.59. The maximum absolute atomic E-state index is 12.6. The lowest BCUT2D eigenvalue weighted by Crippen LogP contribution is -2.49. The normalized spacial score (nSPS) is 14.3. The number of hydrogen-bond acceptors (Lipinski definition) is 7. The van der Waals surface area contributed by atoms with Crippen molar-refractivity contribution in [2.24, 2.45) is 0 Å². The van der Waals surface area contributed by atoms with Crippen molar-refractivity contribution < 1.29 is 13.2 Å². The zero-order chi connectivity index (χ0) is 22.0. The van der Waals surface area contributed by atoms with Crippen molar-refractivity contribution in [3.8, 4) is 17.3 Å². The van der Waals surface area contributed by atoms with Gasteiger partial charge in [0.15, 0.2) is 9.84 Å². The van der Waals surface area contributed by atoms with Crippen molar-refractivity contribution in [3.63, 3.8) is 0 Å². The summed E-state index contributed by atoms with van der Waals surface area (Å²) in [6.45, 7) is 2.01. The molecule has 3 aromatic rings. The summed E-state index contributed by atoms with van der Waals surface area (Å²) < 4.78 is 24.8. The highest BCUT2D eigenvalue weighted by Crippen LogP contribution is 2.31. The average molecular weight is 453 g/mol. The first-order valence-electron chi connectivity index (χ1n) is 9.67. The molecule has 0 bridgehead atoms. The fraction of sp³-hybridized carbons (Fsp3) is 0.227. The molecule has 1 fully saturated rings. The third-order valence-electron chi connectivity index (χ3n) is 5.13. The number of benzene rings is 1. The molecule has 1 aromatic carbocycles. The minimum Gasteiger partial charge on any atom is -0.352 e. The van der Waals surface area contributed by atoms with Crippen LogP contribution in [-0.4, -0.2) is 56.6 Å². The lowest BCUT2D eigenvalue weighted by atomic mass is 10.1. The van der Waals surface area contributed by atoms with Crippen LogP contribution < -0.4 is 4.90 Å². The molecule has 1 amide bonds. The third kappa shape index (κ3) is 4.31. The predicted octanol–water partition coefficient (Wildman–Crippen LogP) is 3.05. The van der Waals surface area contributed by atoms with Gasteiger partial charge in [-0.25, -0.2) is 13.4 Å². The zero-order valence-corrected chi connectivity index (χ0v) is 18.5. The Morgan fingerprint density at radius 1 is 1.10 bits per heavy atom. The molecule has 158 valence electrons. The molecule has 1 aliphatic rings. The molecule has 9 heteroatoms. The summed E-state index contributed by atoms with van der Waals surface area (Å²) in [6.07, 6.45) is 1.12. The minimum atomic E-state index is -3.59. The Kier molecular flexibility index (Phi) is 5.76. The molecule has 0 N–H and O–H groups in total. The van der Waals surface area contributed by atoms with Crippen molar-refractivity contribution in [2.45, 2.75) is 4.90 Å². The second-order valence-electron chi connectivity index (χ2n) is 7.21. The smallest absolute Gasteiger partial charge is 0.264 e. The van der Waals surface area contributed by atoms with Crippen molar-refractivity contribution in [1.82, 2.24) is 9.88 Å². The van der Waals surface area contributed by atoms with Crippen molar-refractivity contribution >= 4 is 32.9 Å². The van der Waals surface area contributed by atoms with Gasteiger partial charge in [-0.15, -0.1) is 11.3 Å². The van der Waals surface area contributed by atoms with Gasteiger partial charge in [-0.05, 0) is 17.5 Å². The van der Waals surface area contributed by atoms with Crippen molar-refractivity contribution in [2.75, 3.05) is 37.3 Å². The van der Waals surface area contributed by atoms with Gasteiger partial charge in [0.1, 0.15) is 11.9 Å². The number of carbonyl (C=O) groups excluding carboxylic acids is 1. The number of nitrogens with zero attached hydrogens (tertiary/aromatic N) is 4. The first-order chi connectivity index (χ1) is 14.9. The van der Waals surface area contributed by atoms with Gasteiger partial charge in [-0.1, -0.05) is 36.4 Å². The number of rotatable bonds is 4. The fourth-order valence-electron chi connectivity index (χ4n) is 3.57. The summed E-state index contributed by atoms with van der Waals surface area (Å²) >= 11 is 1.41. The van der Waals surface area contributed by atoms with E-state index in [1.807, 2.05) is 40.6 Å². The maximum atomic E-state index is 12.6. The first-order valence-corrected chi connectivity index (χ1v) is 12.4. The van der Waals surface area contributed by atoms with Crippen molar-refractivity contribution in [3.05, 3.63) is 64.4 Å². The van der Waals surface area contributed by atoms with Gasteiger partial charge in [-0.3, -0.25) is 4.79 Å². The van der Waals surface area contributed by atoms with Gasteiger partial charge >= 0.3 is 0 Å². The molecule has 4 rings (SSSR count). The molecule has 1 aliphatic heterocycles. The third-order valence-corrected chi connectivity index (χ3v) is 7.10. The standard InChI is InChI=1S/C22H20N4O3S2/c1-31(28,29)19-14-17(15-23)21(24-20(19)16-6-3-2-4-7-16)25-9-11-26(12-10-25)22(27)18-8-5-13-30-18/h2-8,13-14H,9-12H2,1H3. The Morgan fingerprint density at radius 2 is 1.81 bits per heavy atom. The van der Waals surface area contributed by atoms with Crippen LogP contribution in [0, 0.1) is 11.3 Å².